The summed E-state index contributed by atoms with van der Waals surface area (Å²) in [5.41, 5.74) is 2.09. The SMILES string of the molecule is Cc1cc(C)n(-c2cc(Oc3ccc(NS(=O)(=O)c4ccc(F)c(Cl)c4)cc3)nc(C)n2)n1. The molecular weight excluding hydrogens is 469 g/mol. The van der Waals surface area contributed by atoms with E-state index in [1.165, 1.54) is 12.1 Å². The fraction of sp³-hybridized carbons (Fsp3) is 0.136. The van der Waals surface area contributed by atoms with Crippen LogP contribution in [0.1, 0.15) is 17.2 Å². The van der Waals surface area contributed by atoms with Crippen LogP contribution in [0.4, 0.5) is 10.1 Å². The van der Waals surface area contributed by atoms with E-state index in [-0.39, 0.29) is 9.92 Å². The number of sulfonamides is 1. The first-order valence-corrected chi connectivity index (χ1v) is 11.6. The summed E-state index contributed by atoms with van der Waals surface area (Å²) in [5, 5.41) is 4.15. The molecule has 0 bridgehead atoms. The van der Waals surface area contributed by atoms with Gasteiger partial charge in [-0.05, 0) is 69.3 Å². The molecule has 33 heavy (non-hydrogen) atoms. The van der Waals surface area contributed by atoms with Gasteiger partial charge in [-0.2, -0.15) is 10.1 Å². The zero-order valence-electron chi connectivity index (χ0n) is 17.9. The fourth-order valence-corrected chi connectivity index (χ4v) is 4.45. The molecule has 4 aromatic rings. The molecule has 0 amide bonds. The molecule has 0 unspecified atom stereocenters. The third-order valence-electron chi connectivity index (χ3n) is 4.56. The monoisotopic (exact) mass is 487 g/mol. The molecule has 2 heterocycles. The first-order valence-electron chi connectivity index (χ1n) is 9.76. The van der Waals surface area contributed by atoms with E-state index in [2.05, 4.69) is 19.8 Å². The molecular formula is C22H19ClFN5O3S. The third-order valence-corrected chi connectivity index (χ3v) is 6.23. The number of hydrogen-bond donors (Lipinski definition) is 1. The predicted molar refractivity (Wildman–Crippen MR) is 122 cm³/mol. The minimum absolute atomic E-state index is 0.151. The van der Waals surface area contributed by atoms with Gasteiger partial charge >= 0.3 is 0 Å². The Bertz CT molecular complexity index is 1440. The van der Waals surface area contributed by atoms with Crippen molar-refractivity contribution in [3.8, 4) is 17.4 Å². The molecule has 4 rings (SSSR count). The standard InChI is InChI=1S/C22H19ClFN5O3S/c1-13-10-14(2)29(27-13)21-12-22(26-15(3)25-21)32-17-6-4-16(5-7-17)28-33(30,31)18-8-9-20(24)19(23)11-18/h4-12,28H,1-3H3. The normalized spacial score (nSPS) is 11.4. The Labute approximate surface area is 195 Å². The van der Waals surface area contributed by atoms with Crippen LogP contribution >= 0.6 is 11.6 Å². The van der Waals surface area contributed by atoms with Crippen molar-refractivity contribution >= 4 is 27.3 Å². The molecule has 2 aromatic carbocycles. The van der Waals surface area contributed by atoms with Gasteiger partial charge in [0.25, 0.3) is 10.0 Å². The van der Waals surface area contributed by atoms with Gasteiger partial charge in [0.05, 0.1) is 15.6 Å². The second kappa shape index (κ2) is 8.80. The van der Waals surface area contributed by atoms with E-state index in [1.807, 2.05) is 19.9 Å². The first kappa shape index (κ1) is 22.7. The van der Waals surface area contributed by atoms with Crippen LogP contribution in [0, 0.1) is 26.6 Å². The molecule has 0 aliphatic heterocycles. The molecule has 0 saturated heterocycles. The molecule has 0 atom stereocenters. The molecule has 11 heteroatoms. The maximum Gasteiger partial charge on any atom is 0.261 e. The number of anilines is 1. The number of halogens is 2. The summed E-state index contributed by atoms with van der Waals surface area (Å²) in [6, 6.07) is 13.1. The molecule has 0 radical (unpaired) electrons. The predicted octanol–water partition coefficient (Wildman–Crippen LogP) is 4.97. The molecule has 1 N–H and O–H groups in total. The van der Waals surface area contributed by atoms with Gasteiger partial charge in [-0.1, -0.05) is 11.6 Å². The number of nitrogens with zero attached hydrogens (tertiary/aromatic N) is 4. The molecule has 0 fully saturated rings. The summed E-state index contributed by atoms with van der Waals surface area (Å²) in [6.45, 7) is 5.58. The lowest BCUT2D eigenvalue weighted by Crippen LogP contribution is -2.13. The summed E-state index contributed by atoms with van der Waals surface area (Å²) in [4.78, 5) is 8.56. The second-order valence-corrected chi connectivity index (χ2v) is 9.35. The Morgan fingerprint density at radius 3 is 2.36 bits per heavy atom. The van der Waals surface area contributed by atoms with Crippen LogP contribution in [-0.2, 0) is 10.0 Å². The number of rotatable bonds is 6. The lowest BCUT2D eigenvalue weighted by atomic mass is 10.3. The molecule has 0 aliphatic carbocycles. The van der Waals surface area contributed by atoms with Gasteiger partial charge in [0, 0.05) is 17.4 Å². The van der Waals surface area contributed by atoms with E-state index in [1.54, 1.807) is 29.8 Å². The van der Waals surface area contributed by atoms with Crippen molar-refractivity contribution < 1.29 is 17.5 Å². The van der Waals surface area contributed by atoms with Crippen molar-refractivity contribution in [2.75, 3.05) is 4.72 Å². The van der Waals surface area contributed by atoms with Crippen molar-refractivity contribution in [1.82, 2.24) is 19.7 Å². The highest BCUT2D eigenvalue weighted by atomic mass is 35.5. The van der Waals surface area contributed by atoms with Crippen molar-refractivity contribution in [1.29, 1.82) is 0 Å². The maximum absolute atomic E-state index is 13.3. The Morgan fingerprint density at radius 2 is 1.73 bits per heavy atom. The molecule has 8 nitrogen and oxygen atoms in total. The van der Waals surface area contributed by atoms with Gasteiger partial charge in [-0.3, -0.25) is 4.72 Å². The van der Waals surface area contributed by atoms with Crippen LogP contribution in [0.3, 0.4) is 0 Å². The Morgan fingerprint density at radius 1 is 1.00 bits per heavy atom. The zero-order valence-corrected chi connectivity index (χ0v) is 19.4. The lowest BCUT2D eigenvalue weighted by Gasteiger charge is -2.11. The van der Waals surface area contributed by atoms with Gasteiger partial charge in [0.1, 0.15) is 17.4 Å². The first-order chi connectivity index (χ1) is 15.6. The molecule has 2 aromatic heterocycles. The minimum atomic E-state index is -3.94. The number of benzene rings is 2. The summed E-state index contributed by atoms with van der Waals surface area (Å²) < 4.78 is 48.4. The van der Waals surface area contributed by atoms with Crippen LogP contribution in [0.15, 0.2) is 59.5 Å². The van der Waals surface area contributed by atoms with Crippen LogP contribution < -0.4 is 9.46 Å². The second-order valence-electron chi connectivity index (χ2n) is 7.26. The third kappa shape index (κ3) is 5.12. The highest BCUT2D eigenvalue weighted by molar-refractivity contribution is 7.92. The zero-order chi connectivity index (χ0) is 23.8. The van der Waals surface area contributed by atoms with E-state index in [9.17, 15) is 12.8 Å². The maximum atomic E-state index is 13.3. The van der Waals surface area contributed by atoms with Crippen molar-refractivity contribution in [2.45, 2.75) is 25.7 Å². The van der Waals surface area contributed by atoms with E-state index >= 15 is 0 Å². The van der Waals surface area contributed by atoms with Gasteiger partial charge in [0.2, 0.25) is 5.88 Å². The number of aryl methyl sites for hydroxylation is 3. The molecule has 170 valence electrons. The van der Waals surface area contributed by atoms with Crippen LogP contribution in [-0.4, -0.2) is 28.2 Å². The van der Waals surface area contributed by atoms with Crippen molar-refractivity contribution in [3.63, 3.8) is 0 Å². The number of aromatic nitrogens is 4. The van der Waals surface area contributed by atoms with E-state index < -0.39 is 15.8 Å². The summed E-state index contributed by atoms with van der Waals surface area (Å²) >= 11 is 5.69. The molecule has 0 saturated carbocycles. The summed E-state index contributed by atoms with van der Waals surface area (Å²) in [7, 11) is -3.94. The van der Waals surface area contributed by atoms with Crippen molar-refractivity contribution in [3.05, 3.63) is 82.6 Å². The summed E-state index contributed by atoms with van der Waals surface area (Å²) in [5.74, 6) is 1.15. The Hall–Kier alpha value is -3.50. The molecule has 0 spiro atoms. The highest BCUT2D eigenvalue weighted by Gasteiger charge is 2.16. The fourth-order valence-electron chi connectivity index (χ4n) is 3.12. The van der Waals surface area contributed by atoms with Gasteiger partial charge in [-0.25, -0.2) is 22.5 Å². The average Bonchev–Trinajstić information content (AvgIpc) is 3.09. The lowest BCUT2D eigenvalue weighted by molar-refractivity contribution is 0.459. The summed E-state index contributed by atoms with van der Waals surface area (Å²) in [6.07, 6.45) is 0. The van der Waals surface area contributed by atoms with E-state index in [0.29, 0.717) is 29.0 Å². The smallest absolute Gasteiger partial charge is 0.261 e. The van der Waals surface area contributed by atoms with Gasteiger partial charge < -0.3 is 4.74 Å². The van der Waals surface area contributed by atoms with Gasteiger partial charge in [0.15, 0.2) is 5.82 Å². The Kier molecular flexibility index (Phi) is 6.05. The van der Waals surface area contributed by atoms with E-state index in [0.717, 1.165) is 29.6 Å². The van der Waals surface area contributed by atoms with Gasteiger partial charge in [-0.15, -0.1) is 0 Å². The Balaban J connectivity index is 1.52. The minimum Gasteiger partial charge on any atom is -0.439 e. The largest absolute Gasteiger partial charge is 0.439 e. The quantitative estimate of drug-likeness (QED) is 0.412. The topological polar surface area (TPSA) is 99.0 Å². The van der Waals surface area contributed by atoms with Crippen molar-refractivity contribution in [2.24, 2.45) is 0 Å². The number of ether oxygens (including phenoxy) is 1. The number of hydrogen-bond acceptors (Lipinski definition) is 6. The van der Waals surface area contributed by atoms with E-state index in [4.69, 9.17) is 16.3 Å². The molecule has 0 aliphatic rings. The number of nitrogens with one attached hydrogen (secondary N) is 1. The van der Waals surface area contributed by atoms with Crippen LogP contribution in [0.25, 0.3) is 5.82 Å². The average molecular weight is 488 g/mol. The van der Waals surface area contributed by atoms with Crippen LogP contribution in [0.5, 0.6) is 11.6 Å². The van der Waals surface area contributed by atoms with Crippen LogP contribution in [0.2, 0.25) is 5.02 Å². The highest BCUT2D eigenvalue weighted by Crippen LogP contribution is 2.26.